The van der Waals surface area contributed by atoms with E-state index in [2.05, 4.69) is 18.7 Å². The highest BCUT2D eigenvalue weighted by Crippen LogP contribution is 2.41. The van der Waals surface area contributed by atoms with Crippen LogP contribution in [0, 0.1) is 11.8 Å². The van der Waals surface area contributed by atoms with Crippen molar-refractivity contribution >= 4 is 11.8 Å². The Kier molecular flexibility index (Phi) is 4.57. The summed E-state index contributed by atoms with van der Waals surface area (Å²) in [4.78, 5) is 0. The van der Waals surface area contributed by atoms with Gasteiger partial charge in [-0.15, -0.1) is 0 Å². The van der Waals surface area contributed by atoms with Crippen LogP contribution in [0.2, 0.25) is 0 Å². The van der Waals surface area contributed by atoms with Gasteiger partial charge < -0.3 is 9.84 Å². The molecule has 3 heteroatoms. The summed E-state index contributed by atoms with van der Waals surface area (Å²) >= 11 is 2.06. The monoisotopic (exact) mass is 244 g/mol. The Bertz CT molecular complexity index is 208. The second kappa shape index (κ2) is 5.74. The number of hydrogen-bond donors (Lipinski definition) is 1. The molecule has 1 spiro atoms. The van der Waals surface area contributed by atoms with Crippen LogP contribution in [0.25, 0.3) is 0 Å². The van der Waals surface area contributed by atoms with E-state index in [0.29, 0.717) is 12.5 Å². The molecule has 2 nitrogen and oxygen atoms in total. The molecule has 0 aliphatic carbocycles. The largest absolute Gasteiger partial charge is 0.396 e. The molecule has 2 rings (SSSR count). The van der Waals surface area contributed by atoms with Gasteiger partial charge in [0.1, 0.15) is 0 Å². The first-order chi connectivity index (χ1) is 7.74. The second-order valence-corrected chi connectivity index (χ2v) is 6.75. The summed E-state index contributed by atoms with van der Waals surface area (Å²) in [6.45, 7) is 3.42. The molecule has 0 saturated carbocycles. The van der Waals surface area contributed by atoms with Crippen molar-refractivity contribution in [2.24, 2.45) is 11.8 Å². The third kappa shape index (κ3) is 3.14. The molecule has 94 valence electrons. The molecule has 2 unspecified atom stereocenters. The minimum absolute atomic E-state index is 0.212. The van der Waals surface area contributed by atoms with Crippen molar-refractivity contribution in [3.05, 3.63) is 0 Å². The number of aliphatic hydroxyl groups is 1. The maximum atomic E-state index is 9.13. The molecular formula is C13H24O2S. The summed E-state index contributed by atoms with van der Waals surface area (Å²) < 4.78 is 6.08. The van der Waals surface area contributed by atoms with E-state index in [9.17, 15) is 0 Å². The topological polar surface area (TPSA) is 29.5 Å². The fourth-order valence-corrected chi connectivity index (χ4v) is 4.30. The average Bonchev–Trinajstić information content (AvgIpc) is 2.30. The maximum Gasteiger partial charge on any atom is 0.0700 e. The lowest BCUT2D eigenvalue weighted by molar-refractivity contribution is -0.105. The molecule has 2 heterocycles. The molecule has 0 bridgehead atoms. The highest BCUT2D eigenvalue weighted by molar-refractivity contribution is 7.99. The van der Waals surface area contributed by atoms with Gasteiger partial charge in [-0.25, -0.2) is 0 Å². The fourth-order valence-electron chi connectivity index (χ4n) is 3.07. The van der Waals surface area contributed by atoms with E-state index < -0.39 is 0 Å². The molecule has 0 amide bonds. The van der Waals surface area contributed by atoms with Crippen LogP contribution in [0.5, 0.6) is 0 Å². The normalized spacial score (nSPS) is 31.5. The first kappa shape index (κ1) is 12.7. The third-order valence-corrected chi connectivity index (χ3v) is 5.03. The maximum absolute atomic E-state index is 9.13. The highest BCUT2D eigenvalue weighted by atomic mass is 32.2. The van der Waals surface area contributed by atoms with E-state index >= 15 is 0 Å². The number of hydrogen-bond acceptors (Lipinski definition) is 3. The standard InChI is InChI=1S/C13H24O2S/c1-11(10-14)8-12-2-5-15-13(9-12)3-6-16-7-4-13/h11-12,14H,2-10H2,1H3. The molecular weight excluding hydrogens is 220 g/mol. The van der Waals surface area contributed by atoms with Crippen LogP contribution >= 0.6 is 11.8 Å². The predicted molar refractivity (Wildman–Crippen MR) is 68.8 cm³/mol. The van der Waals surface area contributed by atoms with Gasteiger partial charge in [-0.2, -0.15) is 11.8 Å². The van der Waals surface area contributed by atoms with Gasteiger partial charge in [0, 0.05) is 13.2 Å². The summed E-state index contributed by atoms with van der Waals surface area (Å²) in [5.74, 6) is 3.77. The van der Waals surface area contributed by atoms with Gasteiger partial charge in [-0.05, 0) is 55.4 Å². The number of rotatable bonds is 3. The lowest BCUT2D eigenvalue weighted by Crippen LogP contribution is -2.43. The Morgan fingerprint density at radius 3 is 2.88 bits per heavy atom. The van der Waals surface area contributed by atoms with E-state index in [4.69, 9.17) is 9.84 Å². The van der Waals surface area contributed by atoms with Crippen molar-refractivity contribution < 1.29 is 9.84 Å². The zero-order chi connectivity index (χ0) is 11.4. The SMILES string of the molecule is CC(CO)CC1CCOC2(CCSCC2)C1. The van der Waals surface area contributed by atoms with E-state index in [1.165, 1.54) is 43.6 Å². The van der Waals surface area contributed by atoms with Crippen LogP contribution in [0.15, 0.2) is 0 Å². The smallest absolute Gasteiger partial charge is 0.0700 e. The Morgan fingerprint density at radius 1 is 1.44 bits per heavy atom. The van der Waals surface area contributed by atoms with Gasteiger partial charge >= 0.3 is 0 Å². The summed E-state index contributed by atoms with van der Waals surface area (Å²) in [5, 5.41) is 9.13. The fraction of sp³-hybridized carbons (Fsp3) is 1.00. The number of aliphatic hydroxyl groups excluding tert-OH is 1. The quantitative estimate of drug-likeness (QED) is 0.827. The molecule has 2 atom stereocenters. The van der Waals surface area contributed by atoms with Gasteiger partial charge in [-0.1, -0.05) is 6.92 Å². The zero-order valence-electron chi connectivity index (χ0n) is 10.3. The van der Waals surface area contributed by atoms with Gasteiger partial charge in [0.25, 0.3) is 0 Å². The van der Waals surface area contributed by atoms with Crippen LogP contribution < -0.4 is 0 Å². The van der Waals surface area contributed by atoms with Crippen LogP contribution in [-0.4, -0.2) is 35.4 Å². The number of thioether (sulfide) groups is 1. The van der Waals surface area contributed by atoms with Crippen molar-refractivity contribution in [2.45, 2.75) is 44.6 Å². The summed E-state index contributed by atoms with van der Waals surface area (Å²) in [5.41, 5.74) is 0.212. The van der Waals surface area contributed by atoms with E-state index in [1.807, 2.05) is 0 Å². The van der Waals surface area contributed by atoms with Gasteiger partial charge in [-0.3, -0.25) is 0 Å². The Labute approximate surface area is 103 Å². The van der Waals surface area contributed by atoms with Crippen molar-refractivity contribution in [1.82, 2.24) is 0 Å². The molecule has 2 aliphatic heterocycles. The summed E-state index contributed by atoms with van der Waals surface area (Å²) in [6.07, 6.45) is 6.08. The summed E-state index contributed by atoms with van der Waals surface area (Å²) in [6, 6.07) is 0. The lowest BCUT2D eigenvalue weighted by atomic mass is 9.78. The second-order valence-electron chi connectivity index (χ2n) is 5.53. The zero-order valence-corrected chi connectivity index (χ0v) is 11.1. The summed E-state index contributed by atoms with van der Waals surface area (Å²) in [7, 11) is 0. The van der Waals surface area contributed by atoms with E-state index in [0.717, 1.165) is 12.5 Å². The molecule has 2 aliphatic rings. The van der Waals surface area contributed by atoms with Crippen LogP contribution in [-0.2, 0) is 4.74 Å². The minimum Gasteiger partial charge on any atom is -0.396 e. The first-order valence-electron chi connectivity index (χ1n) is 6.57. The molecule has 1 N–H and O–H groups in total. The van der Waals surface area contributed by atoms with E-state index in [-0.39, 0.29) is 5.60 Å². The van der Waals surface area contributed by atoms with Crippen LogP contribution in [0.1, 0.15) is 39.0 Å². The van der Waals surface area contributed by atoms with Gasteiger partial charge in [0.2, 0.25) is 0 Å². The third-order valence-electron chi connectivity index (χ3n) is 4.05. The predicted octanol–water partition coefficient (Wildman–Crippen LogP) is 2.70. The van der Waals surface area contributed by atoms with Crippen molar-refractivity contribution in [1.29, 1.82) is 0 Å². The Balaban J connectivity index is 1.87. The van der Waals surface area contributed by atoms with Crippen LogP contribution in [0.3, 0.4) is 0 Å². The van der Waals surface area contributed by atoms with Gasteiger partial charge in [0.05, 0.1) is 5.60 Å². The van der Waals surface area contributed by atoms with Crippen molar-refractivity contribution in [2.75, 3.05) is 24.7 Å². The minimum atomic E-state index is 0.212. The molecule has 2 fully saturated rings. The lowest BCUT2D eigenvalue weighted by Gasteiger charge is -2.43. The molecule has 0 aromatic carbocycles. The van der Waals surface area contributed by atoms with E-state index in [1.54, 1.807) is 0 Å². The highest BCUT2D eigenvalue weighted by Gasteiger charge is 2.38. The molecule has 16 heavy (non-hydrogen) atoms. The van der Waals surface area contributed by atoms with Gasteiger partial charge in [0.15, 0.2) is 0 Å². The van der Waals surface area contributed by atoms with Crippen LogP contribution in [0.4, 0.5) is 0 Å². The van der Waals surface area contributed by atoms with Crippen molar-refractivity contribution in [3.8, 4) is 0 Å². The first-order valence-corrected chi connectivity index (χ1v) is 7.72. The van der Waals surface area contributed by atoms with Crippen molar-refractivity contribution in [3.63, 3.8) is 0 Å². The molecule has 2 saturated heterocycles. The Hall–Kier alpha value is 0.270. The number of ether oxygens (including phenoxy) is 1. The average molecular weight is 244 g/mol. The Morgan fingerprint density at radius 2 is 2.19 bits per heavy atom. The molecule has 0 radical (unpaired) electrons. The molecule has 0 aromatic heterocycles. The molecule has 0 aromatic rings.